The predicted octanol–water partition coefficient (Wildman–Crippen LogP) is 3.48. The minimum Gasteiger partial charge on any atom is -0.339 e. The van der Waals surface area contributed by atoms with Crippen molar-refractivity contribution in [2.75, 3.05) is 31.9 Å². The zero-order valence-electron chi connectivity index (χ0n) is 18.4. The fourth-order valence-electron chi connectivity index (χ4n) is 4.32. The number of carbonyl (C=O) groups is 1. The number of aryl methyl sites for hydroxylation is 1. The van der Waals surface area contributed by atoms with E-state index in [1.807, 2.05) is 29.2 Å². The first-order valence-electron chi connectivity index (χ1n) is 11.3. The normalized spacial score (nSPS) is 17.1. The number of para-hydroxylation sites is 1. The molecule has 0 bridgehead atoms. The molecule has 1 aliphatic heterocycles. The molecule has 5 rings (SSSR count). The smallest absolute Gasteiger partial charge is 0.262 e. The van der Waals surface area contributed by atoms with Crippen LogP contribution in [0.5, 0.6) is 0 Å². The van der Waals surface area contributed by atoms with Crippen LogP contribution in [0.3, 0.4) is 0 Å². The monoisotopic (exact) mass is 448 g/mol. The van der Waals surface area contributed by atoms with E-state index in [1.54, 1.807) is 4.57 Å². The highest BCUT2D eigenvalue weighted by atomic mass is 32.2. The molecule has 0 N–H and O–H groups in total. The van der Waals surface area contributed by atoms with Crippen LogP contribution in [0, 0.1) is 6.92 Å². The molecule has 2 aliphatic rings. The van der Waals surface area contributed by atoms with E-state index in [-0.39, 0.29) is 17.5 Å². The Kier molecular flexibility index (Phi) is 6.02. The Bertz CT molecular complexity index is 1200. The second kappa shape index (κ2) is 9.08. The first-order chi connectivity index (χ1) is 15.6. The van der Waals surface area contributed by atoms with Gasteiger partial charge in [0, 0.05) is 38.8 Å². The van der Waals surface area contributed by atoms with Gasteiger partial charge in [0.15, 0.2) is 5.16 Å². The molecule has 2 heterocycles. The molecule has 0 unspecified atom stereocenters. The number of nitrogens with zero attached hydrogens (tertiary/aromatic N) is 4. The number of amides is 1. The fraction of sp³-hybridized carbons (Fsp3) is 0.400. The number of rotatable bonds is 6. The molecule has 0 spiro atoms. The Balaban J connectivity index is 1.21. The summed E-state index contributed by atoms with van der Waals surface area (Å²) in [5, 5.41) is 1.32. The summed E-state index contributed by atoms with van der Waals surface area (Å²) in [6.45, 7) is 6.28. The highest BCUT2D eigenvalue weighted by Gasteiger charge is 2.29. The number of hydrogen-bond donors (Lipinski definition) is 0. The summed E-state index contributed by atoms with van der Waals surface area (Å²) in [6.07, 6.45) is 2.01. The molecule has 2 aromatic carbocycles. The first kappa shape index (κ1) is 21.2. The van der Waals surface area contributed by atoms with E-state index in [9.17, 15) is 9.59 Å². The van der Waals surface area contributed by atoms with Crippen LogP contribution in [-0.2, 0) is 11.3 Å². The molecule has 32 heavy (non-hydrogen) atoms. The van der Waals surface area contributed by atoms with E-state index in [0.717, 1.165) is 45.6 Å². The van der Waals surface area contributed by atoms with Crippen molar-refractivity contribution in [1.82, 2.24) is 19.4 Å². The lowest BCUT2D eigenvalue weighted by Crippen LogP contribution is -2.48. The maximum atomic E-state index is 13.0. The van der Waals surface area contributed by atoms with Crippen molar-refractivity contribution in [3.63, 3.8) is 0 Å². The van der Waals surface area contributed by atoms with Crippen molar-refractivity contribution in [1.29, 1.82) is 0 Å². The molecule has 0 atom stereocenters. The van der Waals surface area contributed by atoms with E-state index in [0.29, 0.717) is 21.8 Å². The molecule has 1 aliphatic carbocycles. The van der Waals surface area contributed by atoms with Crippen molar-refractivity contribution < 1.29 is 4.79 Å². The van der Waals surface area contributed by atoms with Crippen molar-refractivity contribution in [3.8, 4) is 0 Å². The van der Waals surface area contributed by atoms with Gasteiger partial charge >= 0.3 is 0 Å². The molecule has 1 aromatic heterocycles. The van der Waals surface area contributed by atoms with E-state index >= 15 is 0 Å². The van der Waals surface area contributed by atoms with Crippen LogP contribution < -0.4 is 5.56 Å². The van der Waals surface area contributed by atoms with Crippen molar-refractivity contribution in [2.24, 2.45) is 0 Å². The molecule has 6 nitrogen and oxygen atoms in total. The van der Waals surface area contributed by atoms with Crippen LogP contribution in [0.2, 0.25) is 0 Å². The fourth-order valence-corrected chi connectivity index (χ4v) is 5.29. The highest BCUT2D eigenvalue weighted by Crippen LogP contribution is 2.36. The molecular formula is C25H28N4O2S. The van der Waals surface area contributed by atoms with Gasteiger partial charge in [0.25, 0.3) is 5.56 Å². The number of hydrogen-bond acceptors (Lipinski definition) is 5. The van der Waals surface area contributed by atoms with E-state index in [4.69, 9.17) is 4.98 Å². The lowest BCUT2D eigenvalue weighted by atomic mass is 10.1. The summed E-state index contributed by atoms with van der Waals surface area (Å²) >= 11 is 1.40. The number of carbonyl (C=O) groups excluding carboxylic acids is 1. The van der Waals surface area contributed by atoms with Crippen molar-refractivity contribution >= 4 is 28.6 Å². The molecule has 7 heteroatoms. The van der Waals surface area contributed by atoms with Crippen LogP contribution >= 0.6 is 11.8 Å². The molecule has 166 valence electrons. The van der Waals surface area contributed by atoms with Gasteiger partial charge in [-0.2, -0.15) is 0 Å². The third-order valence-electron chi connectivity index (χ3n) is 6.23. The largest absolute Gasteiger partial charge is 0.339 e. The summed E-state index contributed by atoms with van der Waals surface area (Å²) in [6, 6.07) is 16.3. The standard InChI is InChI=1S/C25H28N4O2S/c1-18-5-4-6-19(15-18)16-27-11-13-28(14-12-27)23(30)17-32-25-26-22-8-3-2-7-21(22)24(31)29(25)20-9-10-20/h2-8,15,20H,9-14,16-17H2,1H3. The summed E-state index contributed by atoms with van der Waals surface area (Å²) in [4.78, 5) is 35.0. The van der Waals surface area contributed by atoms with Crippen LogP contribution in [0.4, 0.5) is 0 Å². The molecule has 0 radical (unpaired) electrons. The third kappa shape index (κ3) is 4.59. The zero-order chi connectivity index (χ0) is 22.1. The Labute approximate surface area is 192 Å². The topological polar surface area (TPSA) is 58.4 Å². The number of thioether (sulfide) groups is 1. The maximum Gasteiger partial charge on any atom is 0.262 e. The molecule has 3 aromatic rings. The quantitative estimate of drug-likeness (QED) is 0.427. The van der Waals surface area contributed by atoms with Crippen LogP contribution in [0.1, 0.15) is 30.0 Å². The SMILES string of the molecule is Cc1cccc(CN2CCN(C(=O)CSc3nc4ccccc4c(=O)n3C3CC3)CC2)c1. The summed E-state index contributed by atoms with van der Waals surface area (Å²) in [5.74, 6) is 0.435. The average molecular weight is 449 g/mol. The van der Waals surface area contributed by atoms with Crippen LogP contribution in [0.25, 0.3) is 10.9 Å². The van der Waals surface area contributed by atoms with Gasteiger partial charge in [0.05, 0.1) is 16.7 Å². The molecular weight excluding hydrogens is 420 g/mol. The van der Waals surface area contributed by atoms with E-state index < -0.39 is 0 Å². The van der Waals surface area contributed by atoms with Gasteiger partial charge in [0.1, 0.15) is 0 Å². The van der Waals surface area contributed by atoms with E-state index in [2.05, 4.69) is 36.1 Å². The zero-order valence-corrected chi connectivity index (χ0v) is 19.2. The van der Waals surface area contributed by atoms with E-state index in [1.165, 1.54) is 22.9 Å². The summed E-state index contributed by atoms with van der Waals surface area (Å²) in [5.41, 5.74) is 3.31. The molecule has 1 amide bonds. The molecule has 2 fully saturated rings. The van der Waals surface area contributed by atoms with Crippen LogP contribution in [-0.4, -0.2) is 57.2 Å². The Morgan fingerprint density at radius 2 is 1.84 bits per heavy atom. The number of fused-ring (bicyclic) bond motifs is 1. The van der Waals surface area contributed by atoms with Gasteiger partial charge in [0.2, 0.25) is 5.91 Å². The second-order valence-electron chi connectivity index (χ2n) is 8.75. The molecule has 1 saturated carbocycles. The van der Waals surface area contributed by atoms with Gasteiger partial charge in [-0.25, -0.2) is 4.98 Å². The van der Waals surface area contributed by atoms with Gasteiger partial charge in [-0.3, -0.25) is 19.1 Å². The second-order valence-corrected chi connectivity index (χ2v) is 9.70. The average Bonchev–Trinajstić information content (AvgIpc) is 3.63. The van der Waals surface area contributed by atoms with Gasteiger partial charge in [-0.1, -0.05) is 53.7 Å². The van der Waals surface area contributed by atoms with Gasteiger partial charge in [-0.15, -0.1) is 0 Å². The van der Waals surface area contributed by atoms with Gasteiger partial charge in [-0.05, 0) is 37.5 Å². The third-order valence-corrected chi connectivity index (χ3v) is 7.16. The van der Waals surface area contributed by atoms with Crippen molar-refractivity contribution in [2.45, 2.75) is 37.5 Å². The Morgan fingerprint density at radius 3 is 2.59 bits per heavy atom. The minimum atomic E-state index is 0.0119. The number of piperazine rings is 1. The minimum absolute atomic E-state index is 0.0119. The number of aromatic nitrogens is 2. The number of benzene rings is 2. The summed E-state index contributed by atoms with van der Waals surface area (Å²) in [7, 11) is 0. The first-order valence-corrected chi connectivity index (χ1v) is 12.3. The van der Waals surface area contributed by atoms with Gasteiger partial charge < -0.3 is 4.90 Å². The lowest BCUT2D eigenvalue weighted by molar-refractivity contribution is -0.130. The van der Waals surface area contributed by atoms with Crippen molar-refractivity contribution in [3.05, 3.63) is 70.0 Å². The predicted molar refractivity (Wildman–Crippen MR) is 128 cm³/mol. The van der Waals surface area contributed by atoms with Crippen LogP contribution in [0.15, 0.2) is 58.5 Å². The summed E-state index contributed by atoms with van der Waals surface area (Å²) < 4.78 is 1.81. The Hall–Kier alpha value is -2.64. The lowest BCUT2D eigenvalue weighted by Gasteiger charge is -2.34. The molecule has 1 saturated heterocycles. The highest BCUT2D eigenvalue weighted by molar-refractivity contribution is 7.99. The maximum absolute atomic E-state index is 13.0. The Morgan fingerprint density at radius 1 is 1.06 bits per heavy atom.